The molecule has 0 atom stereocenters. The van der Waals surface area contributed by atoms with Crippen LogP contribution < -0.4 is 14.8 Å². The number of hydrogen-bond donors (Lipinski definition) is 1. The first-order chi connectivity index (χ1) is 15.4. The molecule has 7 nitrogen and oxygen atoms in total. The molecule has 2 aromatic rings. The monoisotopic (exact) mass is 460 g/mol. The predicted octanol–water partition coefficient (Wildman–Crippen LogP) is 3.17. The average Bonchev–Trinajstić information content (AvgIpc) is 3.36. The molecule has 1 aliphatic heterocycles. The fourth-order valence-corrected chi connectivity index (χ4v) is 5.27. The van der Waals surface area contributed by atoms with Crippen LogP contribution in [0.2, 0.25) is 0 Å². The van der Waals surface area contributed by atoms with Crippen LogP contribution in [0.4, 0.5) is 0 Å². The molecule has 2 aromatic carbocycles. The van der Waals surface area contributed by atoms with Gasteiger partial charge in [-0.3, -0.25) is 4.79 Å². The highest BCUT2D eigenvalue weighted by Gasteiger charge is 2.27. The summed E-state index contributed by atoms with van der Waals surface area (Å²) in [5.74, 6) is 1.24. The van der Waals surface area contributed by atoms with Crippen LogP contribution in [0.15, 0.2) is 47.4 Å². The number of nitrogens with one attached hydrogen (secondary N) is 1. The smallest absolute Gasteiger partial charge is 0.243 e. The number of carbonyl (C=O) groups is 1. The maximum Gasteiger partial charge on any atom is 0.243 e. The van der Waals surface area contributed by atoms with E-state index in [9.17, 15) is 13.2 Å². The minimum Gasteiger partial charge on any atom is -0.496 e. The molecule has 0 radical (unpaired) electrons. The van der Waals surface area contributed by atoms with Gasteiger partial charge in [0.05, 0.1) is 18.6 Å². The number of rotatable bonds is 11. The van der Waals surface area contributed by atoms with E-state index in [0.29, 0.717) is 44.0 Å². The molecule has 174 valence electrons. The minimum atomic E-state index is -3.51. The van der Waals surface area contributed by atoms with E-state index >= 15 is 0 Å². The Labute approximate surface area is 190 Å². The maximum absolute atomic E-state index is 12.8. The van der Waals surface area contributed by atoms with Gasteiger partial charge in [0.2, 0.25) is 15.9 Å². The predicted molar refractivity (Wildman–Crippen MR) is 124 cm³/mol. The van der Waals surface area contributed by atoms with E-state index in [2.05, 4.69) is 12.2 Å². The number of ether oxygens (including phenoxy) is 2. The molecule has 3 rings (SSSR count). The molecule has 1 amide bonds. The van der Waals surface area contributed by atoms with Crippen molar-refractivity contribution in [2.75, 3.05) is 33.4 Å². The normalized spacial score (nSPS) is 14.3. The van der Waals surface area contributed by atoms with Crippen LogP contribution in [0, 0.1) is 0 Å². The molecule has 0 unspecified atom stereocenters. The van der Waals surface area contributed by atoms with Gasteiger partial charge in [-0.2, -0.15) is 4.31 Å². The highest BCUT2D eigenvalue weighted by molar-refractivity contribution is 7.89. The summed E-state index contributed by atoms with van der Waals surface area (Å²) in [6.45, 7) is 3.98. The number of nitrogens with zero attached hydrogens (tertiary/aromatic N) is 1. The summed E-state index contributed by atoms with van der Waals surface area (Å²) in [6.07, 6.45) is 3.37. The fourth-order valence-electron chi connectivity index (χ4n) is 3.71. The SMILES string of the molecule is CCc1ccc(OCCNC(=O)CCc2cc(S(=O)(=O)N3CCCC3)ccc2OC)cc1. The summed E-state index contributed by atoms with van der Waals surface area (Å²) in [4.78, 5) is 12.5. The van der Waals surface area contributed by atoms with Crippen molar-refractivity contribution in [2.24, 2.45) is 0 Å². The van der Waals surface area contributed by atoms with Crippen LogP contribution in [0.1, 0.15) is 37.3 Å². The third kappa shape index (κ3) is 6.23. The summed E-state index contributed by atoms with van der Waals surface area (Å²) in [7, 11) is -1.97. The van der Waals surface area contributed by atoms with Gasteiger partial charge in [0, 0.05) is 19.5 Å². The zero-order chi connectivity index (χ0) is 23.0. The second-order valence-electron chi connectivity index (χ2n) is 7.78. The number of methoxy groups -OCH3 is 1. The van der Waals surface area contributed by atoms with E-state index < -0.39 is 10.0 Å². The first kappa shape index (κ1) is 24.1. The number of aryl methyl sites for hydroxylation is 2. The van der Waals surface area contributed by atoms with Crippen molar-refractivity contribution in [3.8, 4) is 11.5 Å². The van der Waals surface area contributed by atoms with Crippen molar-refractivity contribution in [2.45, 2.75) is 43.9 Å². The van der Waals surface area contributed by atoms with Gasteiger partial charge in [0.15, 0.2) is 0 Å². The molecule has 1 heterocycles. The Hall–Kier alpha value is -2.58. The van der Waals surface area contributed by atoms with Gasteiger partial charge in [-0.15, -0.1) is 0 Å². The third-order valence-corrected chi connectivity index (χ3v) is 7.50. The van der Waals surface area contributed by atoms with Gasteiger partial charge < -0.3 is 14.8 Å². The van der Waals surface area contributed by atoms with Gasteiger partial charge >= 0.3 is 0 Å². The largest absolute Gasteiger partial charge is 0.496 e. The molecule has 32 heavy (non-hydrogen) atoms. The Morgan fingerprint density at radius 3 is 2.47 bits per heavy atom. The lowest BCUT2D eigenvalue weighted by Crippen LogP contribution is -2.28. The van der Waals surface area contributed by atoms with Gasteiger partial charge in [-0.1, -0.05) is 19.1 Å². The number of amides is 1. The molecule has 0 aliphatic carbocycles. The van der Waals surface area contributed by atoms with Crippen LogP contribution in [-0.2, 0) is 27.7 Å². The Kier molecular flexibility index (Phi) is 8.53. The topological polar surface area (TPSA) is 84.9 Å². The van der Waals surface area contributed by atoms with Crippen molar-refractivity contribution in [3.05, 3.63) is 53.6 Å². The highest BCUT2D eigenvalue weighted by Crippen LogP contribution is 2.27. The number of benzene rings is 2. The Morgan fingerprint density at radius 2 is 1.81 bits per heavy atom. The third-order valence-electron chi connectivity index (χ3n) is 5.60. The Balaban J connectivity index is 1.50. The summed E-state index contributed by atoms with van der Waals surface area (Å²) in [5.41, 5.74) is 1.95. The lowest BCUT2D eigenvalue weighted by atomic mass is 10.1. The van der Waals surface area contributed by atoms with Gasteiger partial charge in [0.25, 0.3) is 0 Å². The Bertz CT molecular complexity index is 1000. The summed E-state index contributed by atoms with van der Waals surface area (Å²) < 4.78 is 38.2. The molecular formula is C24H32N2O5S. The summed E-state index contributed by atoms with van der Waals surface area (Å²) in [5, 5.41) is 2.84. The maximum atomic E-state index is 12.8. The number of carbonyl (C=O) groups excluding carboxylic acids is 1. The molecular weight excluding hydrogens is 428 g/mol. The Morgan fingerprint density at radius 1 is 1.09 bits per heavy atom. The van der Waals surface area contributed by atoms with Crippen molar-refractivity contribution in [3.63, 3.8) is 0 Å². The summed E-state index contributed by atoms with van der Waals surface area (Å²) in [6, 6.07) is 12.8. The quantitative estimate of drug-likeness (QED) is 0.521. The molecule has 0 saturated carbocycles. The molecule has 0 aromatic heterocycles. The van der Waals surface area contributed by atoms with Gasteiger partial charge in [0.1, 0.15) is 18.1 Å². The van der Waals surface area contributed by atoms with Crippen LogP contribution in [0.3, 0.4) is 0 Å². The van der Waals surface area contributed by atoms with Gasteiger partial charge in [-0.25, -0.2) is 8.42 Å². The van der Waals surface area contributed by atoms with Crippen LogP contribution in [0.5, 0.6) is 11.5 Å². The number of hydrogen-bond acceptors (Lipinski definition) is 5. The summed E-state index contributed by atoms with van der Waals surface area (Å²) >= 11 is 0. The zero-order valence-electron chi connectivity index (χ0n) is 18.8. The van der Waals surface area contributed by atoms with E-state index in [1.807, 2.05) is 24.3 Å². The second kappa shape index (κ2) is 11.3. The van der Waals surface area contributed by atoms with E-state index in [4.69, 9.17) is 9.47 Å². The van der Waals surface area contributed by atoms with Crippen molar-refractivity contribution >= 4 is 15.9 Å². The molecule has 1 saturated heterocycles. The standard InChI is InChI=1S/C24H32N2O5S/c1-3-19-6-9-21(10-7-19)31-17-14-25-24(27)13-8-20-18-22(11-12-23(20)30-2)32(28,29)26-15-4-5-16-26/h6-7,9-12,18H,3-5,8,13-17H2,1-2H3,(H,25,27). The molecule has 1 fully saturated rings. The molecule has 1 N–H and O–H groups in total. The minimum absolute atomic E-state index is 0.121. The van der Waals surface area contributed by atoms with Crippen molar-refractivity contribution in [1.29, 1.82) is 0 Å². The zero-order valence-corrected chi connectivity index (χ0v) is 19.6. The van der Waals surface area contributed by atoms with E-state index in [1.165, 1.54) is 17.0 Å². The van der Waals surface area contributed by atoms with E-state index in [1.54, 1.807) is 18.2 Å². The first-order valence-electron chi connectivity index (χ1n) is 11.1. The molecule has 8 heteroatoms. The van der Waals surface area contributed by atoms with Crippen LogP contribution in [0.25, 0.3) is 0 Å². The molecule has 0 bridgehead atoms. The lowest BCUT2D eigenvalue weighted by molar-refractivity contribution is -0.121. The van der Waals surface area contributed by atoms with Gasteiger partial charge in [-0.05, 0) is 67.1 Å². The lowest BCUT2D eigenvalue weighted by Gasteiger charge is -2.17. The van der Waals surface area contributed by atoms with Crippen LogP contribution in [-0.4, -0.2) is 52.0 Å². The molecule has 1 aliphatic rings. The highest BCUT2D eigenvalue weighted by atomic mass is 32.2. The molecule has 0 spiro atoms. The first-order valence-corrected chi connectivity index (χ1v) is 12.5. The van der Waals surface area contributed by atoms with E-state index in [-0.39, 0.29) is 17.2 Å². The average molecular weight is 461 g/mol. The number of sulfonamides is 1. The van der Waals surface area contributed by atoms with Crippen LogP contribution >= 0.6 is 0 Å². The fraction of sp³-hybridized carbons (Fsp3) is 0.458. The van der Waals surface area contributed by atoms with Crippen molar-refractivity contribution < 1.29 is 22.7 Å². The van der Waals surface area contributed by atoms with Crippen molar-refractivity contribution in [1.82, 2.24) is 9.62 Å². The van der Waals surface area contributed by atoms with E-state index in [0.717, 1.165) is 25.0 Å². The second-order valence-corrected chi connectivity index (χ2v) is 9.72.